The highest BCUT2D eigenvalue weighted by atomic mass is 16.4. The first kappa shape index (κ1) is 21.4. The molecular weight excluding hydrogens is 276 g/mol. The van der Waals surface area contributed by atoms with E-state index in [1.54, 1.807) is 0 Å². The smallest absolute Gasteiger partial charge is 0.305 e. The number of carboxylic acid groups (broad SMARTS) is 1. The molecule has 0 radical (unpaired) electrons. The molecule has 0 saturated heterocycles. The van der Waals surface area contributed by atoms with Gasteiger partial charge in [-0.3, -0.25) is 4.79 Å². The highest BCUT2D eigenvalue weighted by molar-refractivity contribution is 5.67. The number of rotatable bonds is 17. The molecule has 1 atom stereocenters. The molecule has 0 spiro atoms. The molecule has 0 aromatic heterocycles. The van der Waals surface area contributed by atoms with Gasteiger partial charge in [-0.05, 0) is 6.42 Å². The maximum atomic E-state index is 10.4. The summed E-state index contributed by atoms with van der Waals surface area (Å²) in [6, 6.07) is 0. The highest BCUT2D eigenvalue weighted by Crippen LogP contribution is 2.14. The SMILES string of the molecule is CCCCCCCCCCCCCCCCC(O)CC(=O)O. The number of aliphatic carboxylic acids is 1. The minimum absolute atomic E-state index is 0.113. The van der Waals surface area contributed by atoms with Gasteiger partial charge in [-0.2, -0.15) is 0 Å². The number of carbonyl (C=O) groups is 1. The summed E-state index contributed by atoms with van der Waals surface area (Å²) in [6.45, 7) is 2.26. The van der Waals surface area contributed by atoms with Crippen LogP contribution in [0, 0.1) is 0 Å². The van der Waals surface area contributed by atoms with E-state index in [2.05, 4.69) is 6.92 Å². The summed E-state index contributed by atoms with van der Waals surface area (Å²) in [5, 5.41) is 18.0. The number of aliphatic hydroxyl groups excluding tert-OH is 1. The van der Waals surface area contributed by atoms with Crippen LogP contribution >= 0.6 is 0 Å². The predicted molar refractivity (Wildman–Crippen MR) is 93.2 cm³/mol. The second-order valence-electron chi connectivity index (χ2n) is 6.64. The monoisotopic (exact) mass is 314 g/mol. The van der Waals surface area contributed by atoms with E-state index in [4.69, 9.17) is 5.11 Å². The molecule has 0 bridgehead atoms. The summed E-state index contributed by atoms with van der Waals surface area (Å²) >= 11 is 0. The lowest BCUT2D eigenvalue weighted by atomic mass is 10.0. The number of hydrogen-bond acceptors (Lipinski definition) is 2. The van der Waals surface area contributed by atoms with Gasteiger partial charge < -0.3 is 10.2 Å². The minimum Gasteiger partial charge on any atom is -0.481 e. The van der Waals surface area contributed by atoms with Crippen LogP contribution in [0.15, 0.2) is 0 Å². The van der Waals surface area contributed by atoms with Crippen LogP contribution in [-0.2, 0) is 4.79 Å². The fourth-order valence-electron chi connectivity index (χ4n) is 2.88. The zero-order valence-electron chi connectivity index (χ0n) is 14.7. The lowest BCUT2D eigenvalue weighted by Gasteiger charge is -2.07. The molecule has 0 fully saturated rings. The molecule has 0 rings (SSSR count). The molecule has 0 saturated carbocycles. The first-order valence-electron chi connectivity index (χ1n) is 9.56. The third-order valence-corrected chi connectivity index (χ3v) is 4.30. The predicted octanol–water partition coefficient (Wildman–Crippen LogP) is 5.69. The van der Waals surface area contributed by atoms with Crippen LogP contribution in [0.3, 0.4) is 0 Å². The molecular formula is C19H38O3. The quantitative estimate of drug-likeness (QED) is 0.339. The Kier molecular flexibility index (Phi) is 16.4. The fourth-order valence-corrected chi connectivity index (χ4v) is 2.88. The number of hydrogen-bond donors (Lipinski definition) is 2. The third kappa shape index (κ3) is 17.5. The van der Waals surface area contributed by atoms with Gasteiger partial charge in [0.15, 0.2) is 0 Å². The van der Waals surface area contributed by atoms with Gasteiger partial charge in [-0.1, -0.05) is 96.8 Å². The standard InChI is InChI=1S/C19H38O3/c1-2-3-4-5-6-7-8-9-10-11-12-13-14-15-16-18(20)17-19(21)22/h18,20H,2-17H2,1H3,(H,21,22). The van der Waals surface area contributed by atoms with Crippen molar-refractivity contribution in [2.24, 2.45) is 0 Å². The molecule has 22 heavy (non-hydrogen) atoms. The summed E-state index contributed by atoms with van der Waals surface area (Å²) in [5.74, 6) is -0.905. The van der Waals surface area contributed by atoms with E-state index < -0.39 is 12.1 Å². The largest absolute Gasteiger partial charge is 0.481 e. The maximum absolute atomic E-state index is 10.4. The van der Waals surface area contributed by atoms with Gasteiger partial charge in [0.1, 0.15) is 0 Å². The molecule has 0 aliphatic rings. The lowest BCUT2D eigenvalue weighted by Crippen LogP contribution is -2.12. The molecule has 0 amide bonds. The summed E-state index contributed by atoms with van der Waals surface area (Å²) in [7, 11) is 0. The van der Waals surface area contributed by atoms with Gasteiger partial charge in [0, 0.05) is 0 Å². The zero-order valence-corrected chi connectivity index (χ0v) is 14.7. The fraction of sp³-hybridized carbons (Fsp3) is 0.947. The van der Waals surface area contributed by atoms with Crippen molar-refractivity contribution in [2.75, 3.05) is 0 Å². The second-order valence-corrected chi connectivity index (χ2v) is 6.64. The van der Waals surface area contributed by atoms with Gasteiger partial charge in [0.2, 0.25) is 0 Å². The molecule has 0 aliphatic heterocycles. The minimum atomic E-state index is -0.905. The van der Waals surface area contributed by atoms with Crippen molar-refractivity contribution in [1.29, 1.82) is 0 Å². The Morgan fingerprint density at radius 2 is 1.09 bits per heavy atom. The van der Waals surface area contributed by atoms with Crippen LogP contribution < -0.4 is 0 Å². The molecule has 0 aliphatic carbocycles. The van der Waals surface area contributed by atoms with Crippen LogP contribution in [0.1, 0.15) is 110 Å². The van der Waals surface area contributed by atoms with Gasteiger partial charge in [-0.25, -0.2) is 0 Å². The number of carboxylic acids is 1. The van der Waals surface area contributed by atoms with E-state index in [9.17, 15) is 9.90 Å². The van der Waals surface area contributed by atoms with E-state index in [1.165, 1.54) is 77.0 Å². The second kappa shape index (κ2) is 16.8. The zero-order chi connectivity index (χ0) is 16.5. The van der Waals surface area contributed by atoms with E-state index >= 15 is 0 Å². The molecule has 3 heteroatoms. The van der Waals surface area contributed by atoms with E-state index in [0.717, 1.165) is 12.8 Å². The molecule has 2 N–H and O–H groups in total. The average molecular weight is 315 g/mol. The van der Waals surface area contributed by atoms with E-state index in [1.807, 2.05) is 0 Å². The summed E-state index contributed by atoms with van der Waals surface area (Å²) in [6.07, 6.45) is 18.3. The lowest BCUT2D eigenvalue weighted by molar-refractivity contribution is -0.139. The Bertz CT molecular complexity index is 241. The van der Waals surface area contributed by atoms with Crippen molar-refractivity contribution in [3.05, 3.63) is 0 Å². The Labute approximate surface area is 137 Å². The number of unbranched alkanes of at least 4 members (excludes halogenated alkanes) is 13. The molecule has 1 unspecified atom stereocenters. The first-order valence-corrected chi connectivity index (χ1v) is 9.56. The van der Waals surface area contributed by atoms with E-state index in [0.29, 0.717) is 6.42 Å². The van der Waals surface area contributed by atoms with Crippen LogP contribution in [0.2, 0.25) is 0 Å². The van der Waals surface area contributed by atoms with Gasteiger partial charge in [-0.15, -0.1) is 0 Å². The summed E-state index contributed by atoms with van der Waals surface area (Å²) < 4.78 is 0. The van der Waals surface area contributed by atoms with Crippen molar-refractivity contribution >= 4 is 5.97 Å². The van der Waals surface area contributed by atoms with Crippen molar-refractivity contribution in [3.63, 3.8) is 0 Å². The van der Waals surface area contributed by atoms with Crippen molar-refractivity contribution in [3.8, 4) is 0 Å². The highest BCUT2D eigenvalue weighted by Gasteiger charge is 2.08. The van der Waals surface area contributed by atoms with E-state index in [-0.39, 0.29) is 6.42 Å². The topological polar surface area (TPSA) is 57.5 Å². The van der Waals surface area contributed by atoms with Crippen molar-refractivity contribution < 1.29 is 15.0 Å². The van der Waals surface area contributed by atoms with Gasteiger partial charge >= 0.3 is 5.97 Å². The van der Waals surface area contributed by atoms with Crippen molar-refractivity contribution in [2.45, 2.75) is 116 Å². The summed E-state index contributed by atoms with van der Waals surface area (Å²) in [4.78, 5) is 10.4. The Balaban J connectivity index is 3.07. The normalized spacial score (nSPS) is 12.5. The molecule has 0 aromatic carbocycles. The third-order valence-electron chi connectivity index (χ3n) is 4.30. The Hall–Kier alpha value is -0.570. The average Bonchev–Trinajstić information content (AvgIpc) is 2.47. The van der Waals surface area contributed by atoms with Gasteiger partial charge in [0.05, 0.1) is 12.5 Å². The van der Waals surface area contributed by atoms with Gasteiger partial charge in [0.25, 0.3) is 0 Å². The van der Waals surface area contributed by atoms with Crippen LogP contribution in [0.4, 0.5) is 0 Å². The molecule has 0 heterocycles. The Morgan fingerprint density at radius 1 is 0.727 bits per heavy atom. The van der Waals surface area contributed by atoms with Crippen LogP contribution in [0.25, 0.3) is 0 Å². The van der Waals surface area contributed by atoms with Crippen LogP contribution in [-0.4, -0.2) is 22.3 Å². The molecule has 3 nitrogen and oxygen atoms in total. The summed E-state index contributed by atoms with van der Waals surface area (Å²) in [5.41, 5.74) is 0. The van der Waals surface area contributed by atoms with Crippen molar-refractivity contribution in [1.82, 2.24) is 0 Å². The molecule has 0 aromatic rings. The number of aliphatic hydroxyl groups is 1. The van der Waals surface area contributed by atoms with Crippen LogP contribution in [0.5, 0.6) is 0 Å². The maximum Gasteiger partial charge on any atom is 0.305 e. The first-order chi connectivity index (χ1) is 10.7. The Morgan fingerprint density at radius 3 is 1.45 bits per heavy atom. The molecule has 132 valence electrons.